The van der Waals surface area contributed by atoms with Crippen molar-refractivity contribution in [1.82, 2.24) is 9.55 Å². The maximum Gasteiger partial charge on any atom is 0.330 e. The van der Waals surface area contributed by atoms with Crippen LogP contribution in [-0.2, 0) is 9.47 Å². The summed E-state index contributed by atoms with van der Waals surface area (Å²) in [4.78, 5) is 24.4. The molecular weight excluding hydrogens is 267 g/mol. The first-order valence-corrected chi connectivity index (χ1v) is 5.95. The minimum atomic E-state index is -1.05. The highest BCUT2D eigenvalue weighted by atomic mass is 35.5. The largest absolute Gasteiger partial charge is 0.379 e. The topological polar surface area (TPSA) is 73.3 Å². The molecule has 100 valence electrons. The SMILES string of the molecule is O=c1[nH]c(=O)n([C@@H]2CCOC[C@H](CCl)O2)cc1F. The second-order valence-corrected chi connectivity index (χ2v) is 4.18. The van der Waals surface area contributed by atoms with Crippen LogP contribution >= 0.6 is 11.6 Å². The van der Waals surface area contributed by atoms with Crippen LogP contribution in [0.15, 0.2) is 15.8 Å². The van der Waals surface area contributed by atoms with Crippen molar-refractivity contribution in [3.63, 3.8) is 0 Å². The molecule has 0 radical (unpaired) electrons. The third-order valence-corrected chi connectivity index (χ3v) is 2.91. The first kappa shape index (κ1) is 13.3. The molecule has 0 amide bonds. The Labute approximate surface area is 106 Å². The Balaban J connectivity index is 2.32. The zero-order valence-corrected chi connectivity index (χ0v) is 10.2. The smallest absolute Gasteiger partial charge is 0.330 e. The van der Waals surface area contributed by atoms with Crippen molar-refractivity contribution >= 4 is 11.6 Å². The molecule has 1 fully saturated rings. The van der Waals surface area contributed by atoms with Gasteiger partial charge < -0.3 is 9.47 Å². The number of aromatic amines is 1. The molecule has 0 aliphatic carbocycles. The minimum absolute atomic E-state index is 0.205. The number of ether oxygens (including phenoxy) is 2. The van der Waals surface area contributed by atoms with E-state index < -0.39 is 23.3 Å². The first-order valence-electron chi connectivity index (χ1n) is 5.42. The fourth-order valence-electron chi connectivity index (χ4n) is 1.69. The third kappa shape index (κ3) is 2.80. The van der Waals surface area contributed by atoms with Gasteiger partial charge >= 0.3 is 5.69 Å². The highest BCUT2D eigenvalue weighted by Crippen LogP contribution is 2.18. The summed E-state index contributed by atoms with van der Waals surface area (Å²) in [7, 11) is 0. The summed E-state index contributed by atoms with van der Waals surface area (Å²) >= 11 is 5.68. The Hall–Kier alpha value is -1.18. The van der Waals surface area contributed by atoms with Gasteiger partial charge in [0.2, 0.25) is 5.82 Å². The van der Waals surface area contributed by atoms with E-state index in [-0.39, 0.29) is 12.0 Å². The summed E-state index contributed by atoms with van der Waals surface area (Å²) in [5.41, 5.74) is -1.77. The second-order valence-electron chi connectivity index (χ2n) is 3.87. The molecule has 0 aromatic carbocycles. The molecule has 1 N–H and O–H groups in total. The summed E-state index contributed by atoms with van der Waals surface area (Å²) < 4.78 is 25.0. The van der Waals surface area contributed by atoms with Gasteiger partial charge in [-0.15, -0.1) is 11.6 Å². The van der Waals surface area contributed by atoms with Gasteiger partial charge in [-0.25, -0.2) is 4.79 Å². The van der Waals surface area contributed by atoms with Crippen LogP contribution in [0.5, 0.6) is 0 Å². The summed E-state index contributed by atoms with van der Waals surface area (Å²) in [6.45, 7) is 0.686. The second kappa shape index (κ2) is 5.64. The van der Waals surface area contributed by atoms with Gasteiger partial charge in [0, 0.05) is 6.42 Å². The lowest BCUT2D eigenvalue weighted by Crippen LogP contribution is -2.36. The predicted octanol–water partition coefficient (Wildman–Crippen LogP) is 0.219. The van der Waals surface area contributed by atoms with Gasteiger partial charge in [0.1, 0.15) is 6.23 Å². The van der Waals surface area contributed by atoms with Crippen molar-refractivity contribution in [2.45, 2.75) is 18.8 Å². The molecule has 1 aromatic heterocycles. The fraction of sp³-hybridized carbons (Fsp3) is 0.600. The van der Waals surface area contributed by atoms with Gasteiger partial charge in [0.05, 0.1) is 31.4 Å². The van der Waals surface area contributed by atoms with Crippen LogP contribution in [0.2, 0.25) is 0 Å². The standard InChI is InChI=1S/C10H12ClFN2O4/c11-3-6-5-17-2-1-8(18-6)14-4-7(12)9(15)13-10(14)16/h4,6,8H,1-3,5H2,(H,13,15,16)/t6-,8-/m0/s1. The molecule has 1 aromatic rings. The van der Waals surface area contributed by atoms with Crippen LogP contribution in [0, 0.1) is 5.82 Å². The number of alkyl halides is 1. The Morgan fingerprint density at radius 3 is 3.06 bits per heavy atom. The van der Waals surface area contributed by atoms with Gasteiger partial charge in [-0.3, -0.25) is 14.3 Å². The van der Waals surface area contributed by atoms with Crippen molar-refractivity contribution in [2.75, 3.05) is 19.1 Å². The number of halogens is 2. The van der Waals surface area contributed by atoms with Crippen LogP contribution in [0.4, 0.5) is 4.39 Å². The summed E-state index contributed by atoms with van der Waals surface area (Å²) in [5, 5.41) is 0. The monoisotopic (exact) mass is 278 g/mol. The predicted molar refractivity (Wildman–Crippen MR) is 61.3 cm³/mol. The molecule has 8 heteroatoms. The number of rotatable bonds is 2. The maximum atomic E-state index is 13.2. The molecule has 1 aliphatic heterocycles. The van der Waals surface area contributed by atoms with Crippen molar-refractivity contribution in [2.24, 2.45) is 0 Å². The lowest BCUT2D eigenvalue weighted by Gasteiger charge is -2.20. The molecule has 1 aliphatic rings. The fourth-order valence-corrected chi connectivity index (χ4v) is 1.85. The van der Waals surface area contributed by atoms with E-state index in [1.165, 1.54) is 0 Å². The molecule has 0 unspecified atom stereocenters. The summed E-state index contributed by atoms with van der Waals surface area (Å²) in [5.74, 6) is -0.831. The normalized spacial score (nSPS) is 24.8. The Morgan fingerprint density at radius 1 is 1.56 bits per heavy atom. The van der Waals surface area contributed by atoms with Crippen LogP contribution in [0.1, 0.15) is 12.6 Å². The number of hydrogen-bond acceptors (Lipinski definition) is 4. The van der Waals surface area contributed by atoms with E-state index in [1.54, 1.807) is 0 Å². The van der Waals surface area contributed by atoms with Crippen molar-refractivity contribution in [1.29, 1.82) is 0 Å². The average molecular weight is 279 g/mol. The van der Waals surface area contributed by atoms with E-state index in [0.29, 0.717) is 19.6 Å². The van der Waals surface area contributed by atoms with E-state index in [4.69, 9.17) is 21.1 Å². The number of hydrogen-bond donors (Lipinski definition) is 1. The molecule has 2 heterocycles. The van der Waals surface area contributed by atoms with Crippen LogP contribution in [0.25, 0.3) is 0 Å². The van der Waals surface area contributed by atoms with E-state index in [9.17, 15) is 14.0 Å². The van der Waals surface area contributed by atoms with E-state index in [2.05, 4.69) is 0 Å². The van der Waals surface area contributed by atoms with E-state index in [1.807, 2.05) is 4.98 Å². The molecule has 0 saturated carbocycles. The molecular formula is C10H12ClFN2O4. The Kier molecular flexibility index (Phi) is 4.15. The van der Waals surface area contributed by atoms with Crippen molar-refractivity contribution in [3.05, 3.63) is 32.9 Å². The van der Waals surface area contributed by atoms with Crippen molar-refractivity contribution < 1.29 is 13.9 Å². The third-order valence-electron chi connectivity index (χ3n) is 2.57. The maximum absolute atomic E-state index is 13.2. The zero-order valence-electron chi connectivity index (χ0n) is 9.40. The lowest BCUT2D eigenvalue weighted by atomic mass is 10.4. The van der Waals surface area contributed by atoms with Crippen LogP contribution in [0.3, 0.4) is 0 Å². The summed E-state index contributed by atoms with van der Waals surface area (Å²) in [6, 6.07) is 0. The first-order chi connectivity index (χ1) is 8.61. The highest BCUT2D eigenvalue weighted by molar-refractivity contribution is 6.18. The highest BCUT2D eigenvalue weighted by Gasteiger charge is 2.23. The Morgan fingerprint density at radius 2 is 2.33 bits per heavy atom. The molecule has 0 bridgehead atoms. The van der Waals surface area contributed by atoms with Gasteiger partial charge in [-0.2, -0.15) is 4.39 Å². The Bertz CT molecular complexity index is 529. The average Bonchev–Trinajstić information content (AvgIpc) is 2.59. The molecule has 2 atom stereocenters. The molecule has 18 heavy (non-hydrogen) atoms. The molecule has 6 nitrogen and oxygen atoms in total. The quantitative estimate of drug-likeness (QED) is 0.786. The number of nitrogens with one attached hydrogen (secondary N) is 1. The van der Waals surface area contributed by atoms with Gasteiger partial charge in [-0.05, 0) is 0 Å². The van der Waals surface area contributed by atoms with Gasteiger partial charge in [0.15, 0.2) is 0 Å². The van der Waals surface area contributed by atoms with E-state index in [0.717, 1.165) is 10.8 Å². The zero-order chi connectivity index (χ0) is 13.1. The van der Waals surface area contributed by atoms with Crippen molar-refractivity contribution in [3.8, 4) is 0 Å². The lowest BCUT2D eigenvalue weighted by molar-refractivity contribution is -0.0451. The van der Waals surface area contributed by atoms with Gasteiger partial charge in [-0.1, -0.05) is 0 Å². The van der Waals surface area contributed by atoms with Crippen LogP contribution in [-0.4, -0.2) is 34.7 Å². The van der Waals surface area contributed by atoms with Gasteiger partial charge in [0.25, 0.3) is 5.56 Å². The number of aromatic nitrogens is 2. The number of H-pyrrole nitrogens is 1. The number of nitrogens with zero attached hydrogens (tertiary/aromatic N) is 1. The molecule has 1 saturated heterocycles. The van der Waals surface area contributed by atoms with Crippen LogP contribution < -0.4 is 11.2 Å². The molecule has 2 rings (SSSR count). The molecule has 0 spiro atoms. The summed E-state index contributed by atoms with van der Waals surface area (Å²) in [6.07, 6.45) is 0.137. The van der Waals surface area contributed by atoms with E-state index >= 15 is 0 Å². The minimum Gasteiger partial charge on any atom is -0.379 e.